The Kier molecular flexibility index (Phi) is 6.21. The standard InChI is InChI=1S/C22H28N2O4/c1-22(2,3)23-14-17(25)15-28-18-9-10-20-19(13-18)24(11-12-27-20)21(26)16-7-5-4-6-8-16/h4-10,13,17,23,25H,11-12,14-15H2,1-3H3. The number of aliphatic hydroxyl groups excluding tert-OH is 1. The first kappa shape index (κ1) is 20.2. The number of ether oxygens (including phenoxy) is 2. The van der Waals surface area contributed by atoms with Gasteiger partial charge in [0.15, 0.2) is 0 Å². The Bertz CT molecular complexity index is 802. The predicted octanol–water partition coefficient (Wildman–Crippen LogP) is 2.85. The van der Waals surface area contributed by atoms with E-state index in [1.807, 2.05) is 39.0 Å². The van der Waals surface area contributed by atoms with E-state index < -0.39 is 6.10 Å². The number of carbonyl (C=O) groups excluding carboxylic acids is 1. The Morgan fingerprint density at radius 1 is 1.25 bits per heavy atom. The second kappa shape index (κ2) is 8.63. The van der Waals surface area contributed by atoms with Gasteiger partial charge < -0.3 is 24.8 Å². The van der Waals surface area contributed by atoms with Crippen LogP contribution in [0.1, 0.15) is 31.1 Å². The fourth-order valence-electron chi connectivity index (χ4n) is 2.91. The van der Waals surface area contributed by atoms with Crippen LogP contribution in [0, 0.1) is 0 Å². The third-order valence-corrected chi connectivity index (χ3v) is 4.37. The molecule has 0 aromatic heterocycles. The van der Waals surface area contributed by atoms with Crippen molar-refractivity contribution >= 4 is 11.6 Å². The number of nitrogens with zero attached hydrogens (tertiary/aromatic N) is 1. The number of benzene rings is 2. The summed E-state index contributed by atoms with van der Waals surface area (Å²) in [6.07, 6.45) is -0.631. The van der Waals surface area contributed by atoms with Gasteiger partial charge in [-0.25, -0.2) is 0 Å². The molecular formula is C22H28N2O4. The number of aliphatic hydroxyl groups is 1. The summed E-state index contributed by atoms with van der Waals surface area (Å²) in [5, 5.41) is 13.4. The van der Waals surface area contributed by atoms with E-state index in [1.54, 1.807) is 35.2 Å². The quantitative estimate of drug-likeness (QED) is 0.801. The third-order valence-electron chi connectivity index (χ3n) is 4.37. The van der Waals surface area contributed by atoms with E-state index in [2.05, 4.69) is 5.32 Å². The highest BCUT2D eigenvalue weighted by Gasteiger charge is 2.25. The van der Waals surface area contributed by atoms with Gasteiger partial charge >= 0.3 is 0 Å². The van der Waals surface area contributed by atoms with E-state index >= 15 is 0 Å². The van der Waals surface area contributed by atoms with Crippen molar-refractivity contribution in [1.82, 2.24) is 5.32 Å². The fourth-order valence-corrected chi connectivity index (χ4v) is 2.91. The molecule has 6 nitrogen and oxygen atoms in total. The van der Waals surface area contributed by atoms with Crippen LogP contribution in [-0.2, 0) is 0 Å². The lowest BCUT2D eigenvalue weighted by Gasteiger charge is -2.30. The van der Waals surface area contributed by atoms with Crippen LogP contribution in [0.15, 0.2) is 48.5 Å². The van der Waals surface area contributed by atoms with Crippen molar-refractivity contribution in [1.29, 1.82) is 0 Å². The molecule has 2 aromatic rings. The van der Waals surface area contributed by atoms with Gasteiger partial charge in [0.05, 0.1) is 12.2 Å². The van der Waals surface area contributed by atoms with Gasteiger partial charge in [-0.1, -0.05) is 18.2 Å². The Hall–Kier alpha value is -2.57. The SMILES string of the molecule is CC(C)(C)NCC(O)COc1ccc2c(c1)N(C(=O)c1ccccc1)CCO2. The maximum absolute atomic E-state index is 12.9. The summed E-state index contributed by atoms with van der Waals surface area (Å²) in [7, 11) is 0. The number of rotatable bonds is 6. The van der Waals surface area contributed by atoms with Crippen LogP contribution in [0.5, 0.6) is 11.5 Å². The molecule has 0 saturated carbocycles. The lowest BCUT2D eigenvalue weighted by molar-refractivity contribution is 0.0972. The molecule has 0 saturated heterocycles. The second-order valence-electron chi connectivity index (χ2n) is 7.90. The highest BCUT2D eigenvalue weighted by Crippen LogP contribution is 2.35. The Balaban J connectivity index is 1.69. The van der Waals surface area contributed by atoms with Crippen LogP contribution in [0.2, 0.25) is 0 Å². The number of β-amino-alcohol motifs (C(OH)–C–C–N with tert-alkyl or cyclic N) is 1. The van der Waals surface area contributed by atoms with Gasteiger partial charge in [0.2, 0.25) is 0 Å². The molecule has 0 fully saturated rings. The second-order valence-corrected chi connectivity index (χ2v) is 7.90. The summed E-state index contributed by atoms with van der Waals surface area (Å²) < 4.78 is 11.4. The van der Waals surface area contributed by atoms with Crippen molar-refractivity contribution in [3.63, 3.8) is 0 Å². The number of carbonyl (C=O) groups is 1. The number of hydrogen-bond acceptors (Lipinski definition) is 5. The van der Waals surface area contributed by atoms with E-state index in [1.165, 1.54) is 0 Å². The molecule has 1 heterocycles. The Morgan fingerprint density at radius 3 is 2.71 bits per heavy atom. The topological polar surface area (TPSA) is 71.0 Å². The molecule has 0 bridgehead atoms. The molecule has 6 heteroatoms. The van der Waals surface area contributed by atoms with Crippen molar-refractivity contribution in [3.05, 3.63) is 54.1 Å². The molecule has 2 aromatic carbocycles. The van der Waals surface area contributed by atoms with Crippen LogP contribution in [-0.4, -0.2) is 49.0 Å². The monoisotopic (exact) mass is 384 g/mol. The predicted molar refractivity (Wildman–Crippen MR) is 109 cm³/mol. The van der Waals surface area contributed by atoms with E-state index in [4.69, 9.17) is 9.47 Å². The van der Waals surface area contributed by atoms with Gasteiger partial charge in [0.25, 0.3) is 5.91 Å². The molecule has 1 amide bonds. The van der Waals surface area contributed by atoms with Crippen LogP contribution < -0.4 is 19.7 Å². The number of nitrogens with one attached hydrogen (secondary N) is 1. The normalized spacial score (nSPS) is 14.8. The number of hydrogen-bond donors (Lipinski definition) is 2. The zero-order chi connectivity index (χ0) is 20.1. The Labute approximate surface area is 166 Å². The average molecular weight is 384 g/mol. The van der Waals surface area contributed by atoms with E-state index in [0.29, 0.717) is 42.4 Å². The van der Waals surface area contributed by atoms with E-state index in [9.17, 15) is 9.90 Å². The largest absolute Gasteiger partial charge is 0.491 e. The summed E-state index contributed by atoms with van der Waals surface area (Å²) in [5.41, 5.74) is 1.24. The van der Waals surface area contributed by atoms with Gasteiger partial charge in [0, 0.05) is 23.7 Å². The van der Waals surface area contributed by atoms with Gasteiger partial charge in [-0.2, -0.15) is 0 Å². The number of amides is 1. The van der Waals surface area contributed by atoms with Crippen molar-refractivity contribution in [2.75, 3.05) is 31.2 Å². The molecule has 0 radical (unpaired) electrons. The minimum absolute atomic E-state index is 0.0670. The molecular weight excluding hydrogens is 356 g/mol. The lowest BCUT2D eigenvalue weighted by atomic mass is 10.1. The highest BCUT2D eigenvalue weighted by atomic mass is 16.5. The number of anilines is 1. The minimum atomic E-state index is -0.631. The molecule has 3 rings (SSSR count). The summed E-state index contributed by atoms with van der Waals surface area (Å²) in [5.74, 6) is 1.17. The average Bonchev–Trinajstić information content (AvgIpc) is 2.69. The smallest absolute Gasteiger partial charge is 0.258 e. The first-order valence-electron chi connectivity index (χ1n) is 9.53. The van der Waals surface area contributed by atoms with E-state index in [0.717, 1.165) is 0 Å². The van der Waals surface area contributed by atoms with Crippen molar-refractivity contribution in [2.24, 2.45) is 0 Å². The molecule has 1 unspecified atom stereocenters. The number of fused-ring (bicyclic) bond motifs is 1. The van der Waals surface area contributed by atoms with Crippen LogP contribution >= 0.6 is 0 Å². The molecule has 2 N–H and O–H groups in total. The first-order valence-corrected chi connectivity index (χ1v) is 9.53. The molecule has 1 atom stereocenters. The molecule has 1 aliphatic rings. The fraction of sp³-hybridized carbons (Fsp3) is 0.409. The Morgan fingerprint density at radius 2 is 2.00 bits per heavy atom. The zero-order valence-corrected chi connectivity index (χ0v) is 16.6. The van der Waals surface area contributed by atoms with Gasteiger partial charge in [-0.05, 0) is 45.0 Å². The summed E-state index contributed by atoms with van der Waals surface area (Å²) in [6, 6.07) is 14.6. The summed E-state index contributed by atoms with van der Waals surface area (Å²) in [4.78, 5) is 14.6. The maximum Gasteiger partial charge on any atom is 0.258 e. The van der Waals surface area contributed by atoms with Gasteiger partial charge in [0.1, 0.15) is 30.8 Å². The zero-order valence-electron chi connectivity index (χ0n) is 16.6. The van der Waals surface area contributed by atoms with Crippen LogP contribution in [0.3, 0.4) is 0 Å². The van der Waals surface area contributed by atoms with Crippen molar-refractivity contribution in [3.8, 4) is 11.5 Å². The van der Waals surface area contributed by atoms with Gasteiger partial charge in [-0.3, -0.25) is 4.79 Å². The molecule has 0 aliphatic carbocycles. The first-order chi connectivity index (χ1) is 13.3. The van der Waals surface area contributed by atoms with Crippen LogP contribution in [0.4, 0.5) is 5.69 Å². The van der Waals surface area contributed by atoms with Crippen molar-refractivity contribution < 1.29 is 19.4 Å². The molecule has 150 valence electrons. The van der Waals surface area contributed by atoms with Crippen LogP contribution in [0.25, 0.3) is 0 Å². The highest BCUT2D eigenvalue weighted by molar-refractivity contribution is 6.07. The summed E-state index contributed by atoms with van der Waals surface area (Å²) >= 11 is 0. The maximum atomic E-state index is 12.9. The summed E-state index contributed by atoms with van der Waals surface area (Å²) in [6.45, 7) is 7.66. The van der Waals surface area contributed by atoms with E-state index in [-0.39, 0.29) is 18.1 Å². The molecule has 1 aliphatic heterocycles. The van der Waals surface area contributed by atoms with Crippen molar-refractivity contribution in [2.45, 2.75) is 32.4 Å². The third kappa shape index (κ3) is 5.24. The minimum Gasteiger partial charge on any atom is -0.491 e. The molecule has 0 spiro atoms. The lowest BCUT2D eigenvalue weighted by Crippen LogP contribution is -2.42. The van der Waals surface area contributed by atoms with Gasteiger partial charge in [-0.15, -0.1) is 0 Å². The molecule has 28 heavy (non-hydrogen) atoms.